The van der Waals surface area contributed by atoms with Gasteiger partial charge in [-0.1, -0.05) is 24.3 Å². The molecule has 0 saturated carbocycles. The van der Waals surface area contributed by atoms with Crippen molar-refractivity contribution in [3.63, 3.8) is 0 Å². The fourth-order valence-electron chi connectivity index (χ4n) is 4.10. The van der Waals surface area contributed by atoms with Gasteiger partial charge in [0.1, 0.15) is 12.0 Å². The van der Waals surface area contributed by atoms with Gasteiger partial charge >= 0.3 is 0 Å². The van der Waals surface area contributed by atoms with Crippen LogP contribution >= 0.6 is 0 Å². The molecule has 1 aliphatic heterocycles. The average molecular weight is 433 g/mol. The number of imidazole rings is 1. The van der Waals surface area contributed by atoms with E-state index in [0.717, 1.165) is 65.7 Å². The van der Waals surface area contributed by atoms with Crippen molar-refractivity contribution in [2.75, 3.05) is 23.3 Å². The minimum Gasteiger partial charge on any atom is -0.451 e. The largest absolute Gasteiger partial charge is 0.451 e. The van der Waals surface area contributed by atoms with Gasteiger partial charge in [-0.3, -0.25) is 0 Å². The molecule has 0 radical (unpaired) electrons. The molecule has 1 aliphatic rings. The molecule has 0 amide bonds. The van der Waals surface area contributed by atoms with E-state index in [-0.39, 0.29) is 12.1 Å². The predicted octanol–water partition coefficient (Wildman–Crippen LogP) is 3.60. The summed E-state index contributed by atoms with van der Waals surface area (Å²) in [5.41, 5.74) is 10.7. The summed E-state index contributed by atoms with van der Waals surface area (Å²) in [4.78, 5) is 20.9. The number of hydrogen-bond donors (Lipinski definition) is 2. The standard InChI is InChI=1S/C23H28N8O/c1-15(2)31-13-26-20-21(28-23(29-22(20)31)30-9-7-17(24)8-10-30)25-11-16-5-3-4-6-18(16)19-12-32-14-27-19/h3-6,12-15,17H,7-11,24H2,1-2H3,(H,25,28,29). The topological polar surface area (TPSA) is 111 Å². The maximum atomic E-state index is 6.10. The van der Waals surface area contributed by atoms with E-state index in [0.29, 0.717) is 6.54 Å². The molecule has 9 nitrogen and oxygen atoms in total. The molecule has 9 heteroatoms. The lowest BCUT2D eigenvalue weighted by atomic mass is 10.1. The molecule has 3 N–H and O–H groups in total. The number of anilines is 2. The van der Waals surface area contributed by atoms with Gasteiger partial charge in [0.15, 0.2) is 23.4 Å². The number of aromatic nitrogens is 5. The summed E-state index contributed by atoms with van der Waals surface area (Å²) in [5.74, 6) is 1.45. The number of rotatable bonds is 6. The SMILES string of the molecule is CC(C)n1cnc2c(NCc3ccccc3-c3cocn3)nc(N3CCC(N)CC3)nc21. The Kier molecular flexibility index (Phi) is 5.48. The zero-order valence-electron chi connectivity index (χ0n) is 18.4. The zero-order valence-corrected chi connectivity index (χ0v) is 18.4. The zero-order chi connectivity index (χ0) is 22.1. The predicted molar refractivity (Wildman–Crippen MR) is 124 cm³/mol. The molecule has 0 atom stereocenters. The summed E-state index contributed by atoms with van der Waals surface area (Å²) in [6.07, 6.45) is 6.83. The second-order valence-corrected chi connectivity index (χ2v) is 8.50. The molecule has 0 spiro atoms. The van der Waals surface area contributed by atoms with E-state index in [1.165, 1.54) is 6.39 Å². The second kappa shape index (κ2) is 8.58. The maximum absolute atomic E-state index is 6.10. The van der Waals surface area contributed by atoms with Crippen LogP contribution in [0, 0.1) is 0 Å². The highest BCUT2D eigenvalue weighted by Crippen LogP contribution is 2.28. The minimum absolute atomic E-state index is 0.248. The van der Waals surface area contributed by atoms with Crippen LogP contribution in [0.5, 0.6) is 0 Å². The van der Waals surface area contributed by atoms with E-state index < -0.39 is 0 Å². The Morgan fingerprint density at radius 2 is 1.97 bits per heavy atom. The number of benzene rings is 1. The van der Waals surface area contributed by atoms with Gasteiger partial charge in [0, 0.05) is 37.3 Å². The monoisotopic (exact) mass is 432 g/mol. The summed E-state index contributed by atoms with van der Waals surface area (Å²) >= 11 is 0. The molecule has 0 aliphatic carbocycles. The third-order valence-electron chi connectivity index (χ3n) is 5.96. The Labute approximate surface area is 186 Å². The molecule has 4 heterocycles. The molecular weight excluding hydrogens is 404 g/mol. The number of nitrogens with two attached hydrogens (primary N) is 1. The Morgan fingerprint density at radius 3 is 2.72 bits per heavy atom. The van der Waals surface area contributed by atoms with Gasteiger partial charge in [-0.25, -0.2) is 9.97 Å². The first-order chi connectivity index (χ1) is 15.6. The normalized spacial score (nSPS) is 15.1. The molecule has 32 heavy (non-hydrogen) atoms. The van der Waals surface area contributed by atoms with Crippen molar-refractivity contribution in [2.45, 2.75) is 45.3 Å². The summed E-state index contributed by atoms with van der Waals surface area (Å²) in [6.45, 7) is 6.55. The van der Waals surface area contributed by atoms with Crippen molar-refractivity contribution in [2.24, 2.45) is 5.73 Å². The summed E-state index contributed by atoms with van der Waals surface area (Å²) in [6, 6.07) is 8.64. The van der Waals surface area contributed by atoms with Crippen molar-refractivity contribution in [3.05, 3.63) is 48.8 Å². The van der Waals surface area contributed by atoms with Crippen molar-refractivity contribution in [1.29, 1.82) is 0 Å². The molecule has 0 unspecified atom stereocenters. The first-order valence-electron chi connectivity index (χ1n) is 11.1. The van der Waals surface area contributed by atoms with Crippen LogP contribution in [0.2, 0.25) is 0 Å². The Hall–Kier alpha value is -3.46. The van der Waals surface area contributed by atoms with Crippen LogP contribution in [0.1, 0.15) is 38.3 Å². The van der Waals surface area contributed by atoms with E-state index in [9.17, 15) is 0 Å². The number of fused-ring (bicyclic) bond motifs is 1. The van der Waals surface area contributed by atoms with Crippen LogP contribution in [0.3, 0.4) is 0 Å². The van der Waals surface area contributed by atoms with Crippen LogP contribution in [0.25, 0.3) is 22.4 Å². The molecule has 1 aromatic carbocycles. The van der Waals surface area contributed by atoms with Crippen molar-refractivity contribution in [3.8, 4) is 11.3 Å². The van der Waals surface area contributed by atoms with Crippen LogP contribution in [0.4, 0.5) is 11.8 Å². The third-order valence-corrected chi connectivity index (χ3v) is 5.96. The molecular formula is C23H28N8O. The van der Waals surface area contributed by atoms with Gasteiger partial charge in [0.25, 0.3) is 0 Å². The van der Waals surface area contributed by atoms with Gasteiger partial charge in [-0.15, -0.1) is 0 Å². The number of nitrogens with zero attached hydrogens (tertiary/aromatic N) is 6. The number of oxazole rings is 1. The van der Waals surface area contributed by atoms with Crippen molar-refractivity contribution < 1.29 is 4.42 Å². The van der Waals surface area contributed by atoms with Gasteiger partial charge in [-0.2, -0.15) is 9.97 Å². The fraction of sp³-hybridized carbons (Fsp3) is 0.391. The lowest BCUT2D eigenvalue weighted by Gasteiger charge is -2.30. The lowest BCUT2D eigenvalue weighted by molar-refractivity contribution is 0.495. The number of piperidine rings is 1. The van der Waals surface area contributed by atoms with Crippen molar-refractivity contribution in [1.82, 2.24) is 24.5 Å². The number of nitrogens with one attached hydrogen (secondary N) is 1. The highest BCUT2D eigenvalue weighted by Gasteiger charge is 2.22. The Bertz CT molecular complexity index is 1190. The maximum Gasteiger partial charge on any atom is 0.229 e. The molecule has 5 rings (SSSR count). The Balaban J connectivity index is 1.50. The molecule has 1 fully saturated rings. The smallest absolute Gasteiger partial charge is 0.229 e. The van der Waals surface area contributed by atoms with Gasteiger partial charge in [-0.05, 0) is 32.3 Å². The number of hydrogen-bond acceptors (Lipinski definition) is 8. The van der Waals surface area contributed by atoms with E-state index in [1.807, 2.05) is 24.5 Å². The van der Waals surface area contributed by atoms with E-state index >= 15 is 0 Å². The highest BCUT2D eigenvalue weighted by molar-refractivity contribution is 5.84. The molecule has 3 aromatic heterocycles. The van der Waals surface area contributed by atoms with Gasteiger partial charge in [0.05, 0.1) is 6.33 Å². The molecule has 0 bridgehead atoms. The quantitative estimate of drug-likeness (QED) is 0.475. The molecule has 4 aromatic rings. The summed E-state index contributed by atoms with van der Waals surface area (Å²) in [5, 5.41) is 3.51. The van der Waals surface area contributed by atoms with E-state index in [1.54, 1.807) is 6.26 Å². The molecule has 166 valence electrons. The molecule has 1 saturated heterocycles. The van der Waals surface area contributed by atoms with Crippen LogP contribution in [-0.4, -0.2) is 43.6 Å². The van der Waals surface area contributed by atoms with Crippen LogP contribution in [0.15, 0.2) is 47.7 Å². The first-order valence-corrected chi connectivity index (χ1v) is 11.1. The summed E-state index contributed by atoms with van der Waals surface area (Å²) in [7, 11) is 0. The Morgan fingerprint density at radius 1 is 1.16 bits per heavy atom. The minimum atomic E-state index is 0.248. The summed E-state index contributed by atoms with van der Waals surface area (Å²) < 4.78 is 7.27. The van der Waals surface area contributed by atoms with Gasteiger partial charge in [0.2, 0.25) is 5.95 Å². The fourth-order valence-corrected chi connectivity index (χ4v) is 4.10. The second-order valence-electron chi connectivity index (χ2n) is 8.50. The highest BCUT2D eigenvalue weighted by atomic mass is 16.3. The van der Waals surface area contributed by atoms with Crippen LogP contribution in [-0.2, 0) is 6.54 Å². The van der Waals surface area contributed by atoms with Crippen LogP contribution < -0.4 is 16.0 Å². The third kappa shape index (κ3) is 3.91. The van der Waals surface area contributed by atoms with Crippen molar-refractivity contribution >= 4 is 22.9 Å². The lowest BCUT2D eigenvalue weighted by Crippen LogP contribution is -2.40. The average Bonchev–Trinajstić information content (AvgIpc) is 3.48. The van der Waals surface area contributed by atoms with Gasteiger partial charge < -0.3 is 24.9 Å². The first kappa shape index (κ1) is 20.4. The van der Waals surface area contributed by atoms with E-state index in [2.05, 4.69) is 44.7 Å². The van der Waals surface area contributed by atoms with E-state index in [4.69, 9.17) is 20.1 Å².